The zero-order valence-electron chi connectivity index (χ0n) is 31.8. The third-order valence-electron chi connectivity index (χ3n) is 9.06. The summed E-state index contributed by atoms with van der Waals surface area (Å²) < 4.78 is 19.6. The van der Waals surface area contributed by atoms with Crippen LogP contribution in [0.15, 0.2) is 67.0 Å². The number of pyridine rings is 1. The van der Waals surface area contributed by atoms with Crippen LogP contribution in [0.2, 0.25) is 0 Å². The summed E-state index contributed by atoms with van der Waals surface area (Å²) >= 11 is 0. The fraction of sp³-hybridized carbons (Fsp3) is 0.558. The molecule has 3 rings (SSSR count). The SMILES string of the molecule is CCCCCCCCCCCCCCOc1ccc(COC(=O)N(Cc2cc[n+](CCC)cc2)C(=O)c2ccccc2OC)cc1C(C)(C)C. The normalized spacial score (nSPS) is 11.3. The van der Waals surface area contributed by atoms with Crippen LogP contribution in [0.5, 0.6) is 11.5 Å². The minimum Gasteiger partial charge on any atom is -0.496 e. The average molecular weight is 688 g/mol. The van der Waals surface area contributed by atoms with Crippen molar-refractivity contribution in [1.82, 2.24) is 4.90 Å². The van der Waals surface area contributed by atoms with Gasteiger partial charge in [0.25, 0.3) is 5.91 Å². The molecule has 1 aromatic heterocycles. The van der Waals surface area contributed by atoms with Crippen LogP contribution in [-0.2, 0) is 29.8 Å². The highest BCUT2D eigenvalue weighted by Gasteiger charge is 2.28. The molecule has 0 saturated heterocycles. The van der Waals surface area contributed by atoms with Crippen LogP contribution in [0.1, 0.15) is 145 Å². The van der Waals surface area contributed by atoms with Crippen LogP contribution in [0, 0.1) is 0 Å². The Balaban J connectivity index is 1.58. The number of rotatable bonds is 22. The molecule has 0 atom stereocenters. The number of para-hydroxylation sites is 1. The van der Waals surface area contributed by atoms with Gasteiger partial charge in [0.2, 0.25) is 0 Å². The third kappa shape index (κ3) is 13.8. The second-order valence-electron chi connectivity index (χ2n) is 14.4. The molecule has 0 spiro atoms. The summed E-state index contributed by atoms with van der Waals surface area (Å²) in [5, 5.41) is 0. The molecule has 274 valence electrons. The van der Waals surface area contributed by atoms with E-state index < -0.39 is 12.0 Å². The molecule has 0 aliphatic rings. The first kappa shape index (κ1) is 40.6. The molecular formula is C43H63N2O5+. The van der Waals surface area contributed by atoms with Crippen molar-refractivity contribution in [2.75, 3.05) is 13.7 Å². The molecule has 1 heterocycles. The maximum Gasteiger partial charge on any atom is 0.417 e. The maximum atomic E-state index is 13.8. The standard InChI is InChI=1S/C43H63N2O5/c1-7-9-10-11-12-13-14-15-16-17-18-21-31-49-40-25-24-36(32-38(40)43(3,4)5)34-50-42(47)45(33-35-26-29-44(28-8-2)30-27-35)41(46)37-22-19-20-23-39(37)48-6/h19-20,22-27,29-30,32H,7-18,21,28,31,33-34H2,1-6H3/q+1. The van der Waals surface area contributed by atoms with Crippen molar-refractivity contribution >= 4 is 12.0 Å². The van der Waals surface area contributed by atoms with Crippen molar-refractivity contribution < 1.29 is 28.4 Å². The number of benzene rings is 2. The molecule has 0 N–H and O–H groups in total. The number of methoxy groups -OCH3 is 1. The van der Waals surface area contributed by atoms with E-state index in [9.17, 15) is 9.59 Å². The summed E-state index contributed by atoms with van der Waals surface area (Å²) in [6.07, 6.45) is 20.0. The second kappa shape index (κ2) is 22.1. The topological polar surface area (TPSA) is 69.0 Å². The number of nitrogens with zero attached hydrogens (tertiary/aromatic N) is 2. The molecule has 0 unspecified atom stereocenters. The molecular weight excluding hydrogens is 624 g/mol. The van der Waals surface area contributed by atoms with Gasteiger partial charge in [-0.25, -0.2) is 14.3 Å². The second-order valence-corrected chi connectivity index (χ2v) is 14.4. The van der Waals surface area contributed by atoms with E-state index >= 15 is 0 Å². The van der Waals surface area contributed by atoms with E-state index in [1.807, 2.05) is 36.7 Å². The maximum absolute atomic E-state index is 13.8. The Morgan fingerprint density at radius 3 is 1.94 bits per heavy atom. The number of imide groups is 1. The van der Waals surface area contributed by atoms with E-state index in [2.05, 4.69) is 45.3 Å². The van der Waals surface area contributed by atoms with E-state index in [0.29, 0.717) is 17.9 Å². The van der Waals surface area contributed by atoms with E-state index in [1.54, 1.807) is 24.3 Å². The fourth-order valence-electron chi connectivity index (χ4n) is 6.10. The summed E-state index contributed by atoms with van der Waals surface area (Å²) in [5.41, 5.74) is 2.86. The van der Waals surface area contributed by atoms with Gasteiger partial charge in [-0.1, -0.05) is 123 Å². The highest BCUT2D eigenvalue weighted by Crippen LogP contribution is 2.33. The third-order valence-corrected chi connectivity index (χ3v) is 9.06. The zero-order chi connectivity index (χ0) is 36.2. The Morgan fingerprint density at radius 2 is 1.34 bits per heavy atom. The quantitative estimate of drug-likeness (QED) is 0.0777. The van der Waals surface area contributed by atoms with Crippen molar-refractivity contribution in [3.63, 3.8) is 0 Å². The predicted octanol–water partition coefficient (Wildman–Crippen LogP) is 10.7. The number of aryl methyl sites for hydroxylation is 1. The van der Waals surface area contributed by atoms with Crippen LogP contribution >= 0.6 is 0 Å². The highest BCUT2D eigenvalue weighted by molar-refractivity contribution is 6.04. The number of ether oxygens (including phenoxy) is 3. The molecule has 7 nitrogen and oxygen atoms in total. The monoisotopic (exact) mass is 687 g/mol. The van der Waals surface area contributed by atoms with Gasteiger partial charge in [0.05, 0.1) is 25.8 Å². The Morgan fingerprint density at radius 1 is 0.720 bits per heavy atom. The van der Waals surface area contributed by atoms with Gasteiger partial charge in [-0.05, 0) is 52.8 Å². The molecule has 2 amide bonds. The molecule has 7 heteroatoms. The number of unbranched alkanes of at least 4 members (excludes halogenated alkanes) is 11. The van der Waals surface area contributed by atoms with Crippen molar-refractivity contribution in [2.24, 2.45) is 0 Å². The number of carbonyl (C=O) groups is 2. The van der Waals surface area contributed by atoms with E-state index in [0.717, 1.165) is 46.7 Å². The summed E-state index contributed by atoms with van der Waals surface area (Å²) in [4.78, 5) is 28.5. The van der Waals surface area contributed by atoms with Crippen LogP contribution in [-0.4, -0.2) is 30.6 Å². The summed E-state index contributed by atoms with van der Waals surface area (Å²) in [5.74, 6) is 0.792. The van der Waals surface area contributed by atoms with Crippen LogP contribution in [0.25, 0.3) is 0 Å². The number of aromatic nitrogens is 1. The molecule has 50 heavy (non-hydrogen) atoms. The lowest BCUT2D eigenvalue weighted by atomic mass is 9.85. The van der Waals surface area contributed by atoms with Gasteiger partial charge >= 0.3 is 6.09 Å². The molecule has 2 aromatic carbocycles. The predicted molar refractivity (Wildman–Crippen MR) is 202 cm³/mol. The first-order valence-electron chi connectivity index (χ1n) is 19.0. The minimum absolute atomic E-state index is 0.0297. The molecule has 0 saturated carbocycles. The van der Waals surface area contributed by atoms with E-state index in [4.69, 9.17) is 14.2 Å². The summed E-state index contributed by atoms with van der Waals surface area (Å²) in [6.45, 7) is 12.6. The van der Waals surface area contributed by atoms with Gasteiger partial charge in [0, 0.05) is 18.6 Å². The Hall–Kier alpha value is -3.87. The van der Waals surface area contributed by atoms with E-state index in [1.165, 1.54) is 77.7 Å². The average Bonchev–Trinajstić information content (AvgIpc) is 3.11. The lowest BCUT2D eigenvalue weighted by molar-refractivity contribution is -0.697. The van der Waals surface area contributed by atoms with Gasteiger partial charge in [-0.3, -0.25) is 4.79 Å². The summed E-state index contributed by atoms with van der Waals surface area (Å²) in [7, 11) is 1.51. The number of carbonyl (C=O) groups excluding carboxylic acids is 2. The molecule has 0 radical (unpaired) electrons. The van der Waals surface area contributed by atoms with Gasteiger partial charge in [0.15, 0.2) is 12.4 Å². The minimum atomic E-state index is -0.712. The van der Waals surface area contributed by atoms with Crippen molar-refractivity contribution in [1.29, 1.82) is 0 Å². The first-order chi connectivity index (χ1) is 24.2. The van der Waals surface area contributed by atoms with Gasteiger partial charge in [-0.15, -0.1) is 0 Å². The Labute approximate surface area is 302 Å². The smallest absolute Gasteiger partial charge is 0.417 e. The number of hydrogen-bond acceptors (Lipinski definition) is 5. The fourth-order valence-corrected chi connectivity index (χ4v) is 6.10. The van der Waals surface area contributed by atoms with Crippen LogP contribution in [0.4, 0.5) is 4.79 Å². The van der Waals surface area contributed by atoms with Crippen LogP contribution in [0.3, 0.4) is 0 Å². The Kier molecular flexibility index (Phi) is 17.9. The van der Waals surface area contributed by atoms with Gasteiger partial charge < -0.3 is 14.2 Å². The van der Waals surface area contributed by atoms with Crippen molar-refractivity contribution in [3.05, 3.63) is 89.2 Å². The Bertz CT molecular complexity index is 1430. The lowest BCUT2D eigenvalue weighted by Crippen LogP contribution is -2.37. The van der Waals surface area contributed by atoms with Crippen molar-refractivity contribution in [3.8, 4) is 11.5 Å². The molecule has 0 bridgehead atoms. The molecule has 0 aliphatic carbocycles. The molecule has 0 aliphatic heterocycles. The number of amides is 2. The highest BCUT2D eigenvalue weighted by atomic mass is 16.6. The van der Waals surface area contributed by atoms with Gasteiger partial charge in [-0.2, -0.15) is 0 Å². The summed E-state index contributed by atoms with van der Waals surface area (Å²) in [6, 6.07) is 16.8. The van der Waals surface area contributed by atoms with E-state index in [-0.39, 0.29) is 18.6 Å². The van der Waals surface area contributed by atoms with Gasteiger partial charge in [0.1, 0.15) is 24.7 Å². The largest absolute Gasteiger partial charge is 0.496 e. The molecule has 0 fully saturated rings. The van der Waals surface area contributed by atoms with Crippen molar-refractivity contribution in [2.45, 2.75) is 143 Å². The van der Waals surface area contributed by atoms with Crippen LogP contribution < -0.4 is 14.0 Å². The lowest BCUT2D eigenvalue weighted by Gasteiger charge is -2.24. The number of hydrogen-bond donors (Lipinski definition) is 0. The zero-order valence-corrected chi connectivity index (χ0v) is 31.8. The first-order valence-corrected chi connectivity index (χ1v) is 19.0. The molecule has 3 aromatic rings.